The summed E-state index contributed by atoms with van der Waals surface area (Å²) in [6.07, 6.45) is 2.27. The molecule has 0 spiro atoms. The van der Waals surface area contributed by atoms with Crippen LogP contribution in [0.1, 0.15) is 24.5 Å². The molecule has 1 heterocycles. The molecule has 3 heteroatoms. The van der Waals surface area contributed by atoms with Crippen molar-refractivity contribution >= 4 is 0 Å². The zero-order chi connectivity index (χ0) is 13.3. The Morgan fingerprint density at radius 3 is 2.68 bits per heavy atom. The summed E-state index contributed by atoms with van der Waals surface area (Å²) in [4.78, 5) is 2.49. The molecule has 0 aliphatic carbocycles. The second-order valence-corrected chi connectivity index (χ2v) is 5.16. The summed E-state index contributed by atoms with van der Waals surface area (Å²) in [5.74, 6) is 0. The third-order valence-electron chi connectivity index (χ3n) is 3.58. The minimum absolute atomic E-state index is 0.876. The van der Waals surface area contributed by atoms with Crippen molar-refractivity contribution in [2.75, 3.05) is 39.4 Å². The average molecular weight is 262 g/mol. The van der Waals surface area contributed by atoms with E-state index in [-0.39, 0.29) is 0 Å². The lowest BCUT2D eigenvalue weighted by molar-refractivity contribution is 0.140. The first-order chi connectivity index (χ1) is 9.38. The van der Waals surface area contributed by atoms with Crippen LogP contribution in [0.3, 0.4) is 0 Å². The van der Waals surface area contributed by atoms with Crippen molar-refractivity contribution in [1.29, 1.82) is 0 Å². The maximum atomic E-state index is 5.49. The lowest BCUT2D eigenvalue weighted by Gasteiger charge is -2.19. The molecule has 0 atom stereocenters. The predicted octanol–water partition coefficient (Wildman–Crippen LogP) is 2.06. The number of ether oxygens (including phenoxy) is 1. The molecule has 1 N–H and O–H groups in total. The summed E-state index contributed by atoms with van der Waals surface area (Å²) < 4.78 is 5.49. The van der Waals surface area contributed by atoms with E-state index >= 15 is 0 Å². The van der Waals surface area contributed by atoms with Crippen LogP contribution >= 0.6 is 0 Å². The Kier molecular flexibility index (Phi) is 6.34. The molecule has 1 aromatic carbocycles. The van der Waals surface area contributed by atoms with E-state index in [0.717, 1.165) is 58.8 Å². The molecule has 1 aliphatic heterocycles. The van der Waals surface area contributed by atoms with Gasteiger partial charge in [-0.25, -0.2) is 0 Å². The fraction of sp³-hybridized carbons (Fsp3) is 0.625. The third-order valence-corrected chi connectivity index (χ3v) is 3.58. The van der Waals surface area contributed by atoms with Crippen molar-refractivity contribution in [2.24, 2.45) is 0 Å². The molecule has 2 rings (SSSR count). The minimum Gasteiger partial charge on any atom is -0.380 e. The van der Waals surface area contributed by atoms with E-state index < -0.39 is 0 Å². The highest BCUT2D eigenvalue weighted by molar-refractivity contribution is 5.22. The molecule has 0 aromatic heterocycles. The van der Waals surface area contributed by atoms with Crippen LogP contribution < -0.4 is 5.32 Å². The molecule has 0 radical (unpaired) electrons. The minimum atomic E-state index is 0.876. The molecule has 1 aromatic rings. The van der Waals surface area contributed by atoms with Gasteiger partial charge in [0.2, 0.25) is 0 Å². The number of rotatable bonds is 6. The normalized spacial score (nSPS) is 17.3. The van der Waals surface area contributed by atoms with Crippen LogP contribution in [0.2, 0.25) is 0 Å². The predicted molar refractivity (Wildman–Crippen MR) is 79.4 cm³/mol. The van der Waals surface area contributed by atoms with Gasteiger partial charge in [-0.05, 0) is 37.1 Å². The molecular formula is C16H26N2O. The number of nitrogens with one attached hydrogen (secondary N) is 1. The zero-order valence-corrected chi connectivity index (χ0v) is 12.0. The number of hydrogen-bond donors (Lipinski definition) is 1. The summed E-state index contributed by atoms with van der Waals surface area (Å²) in [5, 5.41) is 3.36. The van der Waals surface area contributed by atoms with E-state index in [1.165, 1.54) is 11.1 Å². The van der Waals surface area contributed by atoms with Crippen LogP contribution in [0.15, 0.2) is 24.3 Å². The molecule has 0 unspecified atom stereocenters. The molecule has 0 amide bonds. The monoisotopic (exact) mass is 262 g/mol. The Balaban J connectivity index is 1.80. The maximum absolute atomic E-state index is 5.49. The van der Waals surface area contributed by atoms with E-state index in [1.807, 2.05) is 0 Å². The number of nitrogens with zero attached hydrogens (tertiary/aromatic N) is 1. The zero-order valence-electron chi connectivity index (χ0n) is 12.0. The van der Waals surface area contributed by atoms with Crippen molar-refractivity contribution in [1.82, 2.24) is 10.2 Å². The van der Waals surface area contributed by atoms with Gasteiger partial charge in [0.05, 0.1) is 6.61 Å². The van der Waals surface area contributed by atoms with Crippen molar-refractivity contribution in [2.45, 2.75) is 26.3 Å². The van der Waals surface area contributed by atoms with E-state index in [1.54, 1.807) is 0 Å². The summed E-state index contributed by atoms with van der Waals surface area (Å²) >= 11 is 0. The molecule has 1 fully saturated rings. The molecular weight excluding hydrogens is 236 g/mol. The van der Waals surface area contributed by atoms with Crippen LogP contribution in [0.5, 0.6) is 0 Å². The average Bonchev–Trinajstić information content (AvgIpc) is 2.70. The Morgan fingerprint density at radius 1 is 1.11 bits per heavy atom. The highest BCUT2D eigenvalue weighted by Gasteiger charge is 2.09. The molecule has 3 nitrogen and oxygen atoms in total. The van der Waals surface area contributed by atoms with Gasteiger partial charge >= 0.3 is 0 Å². The van der Waals surface area contributed by atoms with Gasteiger partial charge in [-0.15, -0.1) is 0 Å². The summed E-state index contributed by atoms with van der Waals surface area (Å²) in [7, 11) is 0. The smallest absolute Gasteiger partial charge is 0.0593 e. The van der Waals surface area contributed by atoms with Crippen LogP contribution in [-0.4, -0.2) is 44.3 Å². The molecule has 1 aliphatic rings. The van der Waals surface area contributed by atoms with Crippen molar-refractivity contribution in [3.8, 4) is 0 Å². The molecule has 0 bridgehead atoms. The lowest BCUT2D eigenvalue weighted by atomic mass is 10.1. The quantitative estimate of drug-likeness (QED) is 0.794. The molecule has 0 saturated carbocycles. The van der Waals surface area contributed by atoms with E-state index in [9.17, 15) is 0 Å². The first-order valence-electron chi connectivity index (χ1n) is 7.47. The summed E-state index contributed by atoms with van der Waals surface area (Å²) in [5.41, 5.74) is 2.83. The second kappa shape index (κ2) is 8.31. The first kappa shape index (κ1) is 14.5. The molecule has 106 valence electrons. The molecule has 19 heavy (non-hydrogen) atoms. The fourth-order valence-corrected chi connectivity index (χ4v) is 2.43. The fourth-order valence-electron chi connectivity index (χ4n) is 2.43. The van der Waals surface area contributed by atoms with Gasteiger partial charge in [0.15, 0.2) is 0 Å². The third kappa shape index (κ3) is 5.31. The van der Waals surface area contributed by atoms with Crippen molar-refractivity contribution < 1.29 is 4.74 Å². The Hall–Kier alpha value is -0.900. The van der Waals surface area contributed by atoms with Crippen LogP contribution in [-0.2, 0) is 17.7 Å². The van der Waals surface area contributed by atoms with Gasteiger partial charge in [-0.3, -0.25) is 4.90 Å². The van der Waals surface area contributed by atoms with Gasteiger partial charge in [-0.2, -0.15) is 0 Å². The van der Waals surface area contributed by atoms with Crippen molar-refractivity contribution in [3.63, 3.8) is 0 Å². The van der Waals surface area contributed by atoms with Crippen LogP contribution in [0.25, 0.3) is 0 Å². The topological polar surface area (TPSA) is 24.5 Å². The number of hydrogen-bond acceptors (Lipinski definition) is 3. The SMILES string of the molecule is CCNCCc1ccc(CN2CCCOCC2)cc1. The highest BCUT2D eigenvalue weighted by atomic mass is 16.5. The highest BCUT2D eigenvalue weighted by Crippen LogP contribution is 2.10. The molecule has 1 saturated heterocycles. The number of likely N-dealkylation sites (N-methyl/N-ethyl adjacent to an activating group) is 1. The largest absolute Gasteiger partial charge is 0.380 e. The van der Waals surface area contributed by atoms with E-state index in [0.29, 0.717) is 0 Å². The van der Waals surface area contributed by atoms with Gasteiger partial charge < -0.3 is 10.1 Å². The Bertz CT molecular complexity index is 342. The van der Waals surface area contributed by atoms with E-state index in [4.69, 9.17) is 4.74 Å². The maximum Gasteiger partial charge on any atom is 0.0593 e. The van der Waals surface area contributed by atoms with E-state index in [2.05, 4.69) is 41.4 Å². The van der Waals surface area contributed by atoms with Gasteiger partial charge in [0.1, 0.15) is 0 Å². The van der Waals surface area contributed by atoms with Gasteiger partial charge in [-0.1, -0.05) is 31.2 Å². The number of benzene rings is 1. The van der Waals surface area contributed by atoms with Gasteiger partial charge in [0.25, 0.3) is 0 Å². The lowest BCUT2D eigenvalue weighted by Crippen LogP contribution is -2.25. The van der Waals surface area contributed by atoms with Crippen LogP contribution in [0, 0.1) is 0 Å². The summed E-state index contributed by atoms with van der Waals surface area (Å²) in [6, 6.07) is 9.07. The van der Waals surface area contributed by atoms with Crippen molar-refractivity contribution in [3.05, 3.63) is 35.4 Å². The standard InChI is InChI=1S/C16H26N2O/c1-2-17-9-8-15-4-6-16(7-5-15)14-18-10-3-12-19-13-11-18/h4-7,17H,2-3,8-14H2,1H3. The van der Waals surface area contributed by atoms with Crippen LogP contribution in [0.4, 0.5) is 0 Å². The second-order valence-electron chi connectivity index (χ2n) is 5.16. The Morgan fingerprint density at radius 2 is 1.89 bits per heavy atom. The first-order valence-corrected chi connectivity index (χ1v) is 7.47. The van der Waals surface area contributed by atoms with Gasteiger partial charge in [0, 0.05) is 26.2 Å². The Labute approximate surface area is 116 Å². The summed E-state index contributed by atoms with van der Waals surface area (Å²) in [6.45, 7) is 9.32.